The van der Waals surface area contributed by atoms with Crippen LogP contribution in [0.3, 0.4) is 0 Å². The summed E-state index contributed by atoms with van der Waals surface area (Å²) in [6.45, 7) is 0.504. The standard InChI is InChI=1S/C16H17NO3/c17-12-2-6-14(7-3-12)19-10-15-5-1-11-9-13(18)4-8-16(11)20-15/h2-4,6-9,15,18H,1,5,10,17H2. The number of hydrogen-bond acceptors (Lipinski definition) is 4. The highest BCUT2D eigenvalue weighted by molar-refractivity contribution is 5.42. The fourth-order valence-electron chi connectivity index (χ4n) is 2.30. The minimum Gasteiger partial charge on any atom is -0.508 e. The first kappa shape index (κ1) is 12.7. The highest BCUT2D eigenvalue weighted by atomic mass is 16.5. The molecule has 3 N–H and O–H groups in total. The molecule has 0 radical (unpaired) electrons. The van der Waals surface area contributed by atoms with E-state index in [1.807, 2.05) is 24.3 Å². The van der Waals surface area contributed by atoms with Gasteiger partial charge in [-0.1, -0.05) is 0 Å². The molecule has 0 spiro atoms. The van der Waals surface area contributed by atoms with Gasteiger partial charge in [0.05, 0.1) is 0 Å². The third-order valence-corrected chi connectivity index (χ3v) is 3.39. The molecule has 0 saturated heterocycles. The van der Waals surface area contributed by atoms with Crippen molar-refractivity contribution in [1.82, 2.24) is 0 Å². The molecule has 2 aromatic rings. The van der Waals surface area contributed by atoms with Crippen molar-refractivity contribution in [3.63, 3.8) is 0 Å². The number of nitrogens with two attached hydrogens (primary N) is 1. The number of phenols is 1. The maximum atomic E-state index is 9.44. The Kier molecular flexibility index (Phi) is 3.37. The van der Waals surface area contributed by atoms with Crippen molar-refractivity contribution in [1.29, 1.82) is 0 Å². The summed E-state index contributed by atoms with van der Waals surface area (Å²) in [5, 5.41) is 9.44. The second kappa shape index (κ2) is 5.33. The van der Waals surface area contributed by atoms with Crippen molar-refractivity contribution in [2.45, 2.75) is 18.9 Å². The molecule has 0 aliphatic carbocycles. The van der Waals surface area contributed by atoms with Gasteiger partial charge in [0.1, 0.15) is 30.0 Å². The molecule has 3 rings (SSSR count). The maximum Gasteiger partial charge on any atom is 0.133 e. The van der Waals surface area contributed by atoms with E-state index >= 15 is 0 Å². The predicted octanol–water partition coefficient (Wildman–Crippen LogP) is 2.75. The lowest BCUT2D eigenvalue weighted by Gasteiger charge is -2.26. The molecule has 0 fully saturated rings. The van der Waals surface area contributed by atoms with E-state index in [4.69, 9.17) is 15.2 Å². The van der Waals surface area contributed by atoms with Crippen LogP contribution in [-0.4, -0.2) is 17.8 Å². The zero-order valence-electron chi connectivity index (χ0n) is 11.1. The van der Waals surface area contributed by atoms with Gasteiger partial charge in [-0.05, 0) is 60.9 Å². The SMILES string of the molecule is Nc1ccc(OCC2CCc3cc(O)ccc3O2)cc1. The number of aromatic hydroxyl groups is 1. The third kappa shape index (κ3) is 2.79. The van der Waals surface area contributed by atoms with E-state index in [-0.39, 0.29) is 11.9 Å². The van der Waals surface area contributed by atoms with Gasteiger partial charge < -0.3 is 20.3 Å². The highest BCUT2D eigenvalue weighted by Gasteiger charge is 2.20. The fraction of sp³-hybridized carbons (Fsp3) is 0.250. The number of ether oxygens (including phenoxy) is 2. The van der Waals surface area contributed by atoms with E-state index in [1.54, 1.807) is 18.2 Å². The van der Waals surface area contributed by atoms with Crippen LogP contribution >= 0.6 is 0 Å². The summed E-state index contributed by atoms with van der Waals surface area (Å²) < 4.78 is 11.6. The summed E-state index contributed by atoms with van der Waals surface area (Å²) >= 11 is 0. The molecule has 2 aromatic carbocycles. The average molecular weight is 271 g/mol. The van der Waals surface area contributed by atoms with E-state index in [1.165, 1.54) is 0 Å². The fourth-order valence-corrected chi connectivity index (χ4v) is 2.30. The Morgan fingerprint density at radius 1 is 1.20 bits per heavy atom. The van der Waals surface area contributed by atoms with Crippen LogP contribution < -0.4 is 15.2 Å². The monoisotopic (exact) mass is 271 g/mol. The molecule has 20 heavy (non-hydrogen) atoms. The van der Waals surface area contributed by atoms with Crippen molar-refractivity contribution in [3.8, 4) is 17.2 Å². The van der Waals surface area contributed by atoms with E-state index in [9.17, 15) is 5.11 Å². The van der Waals surface area contributed by atoms with Gasteiger partial charge in [0.2, 0.25) is 0 Å². The summed E-state index contributed by atoms with van der Waals surface area (Å²) in [5.41, 5.74) is 7.40. The molecule has 4 heteroatoms. The second-order valence-electron chi connectivity index (χ2n) is 4.95. The zero-order chi connectivity index (χ0) is 13.9. The maximum absolute atomic E-state index is 9.44. The van der Waals surface area contributed by atoms with Crippen molar-refractivity contribution >= 4 is 5.69 Å². The van der Waals surface area contributed by atoms with Gasteiger partial charge in [-0.15, -0.1) is 0 Å². The number of anilines is 1. The smallest absolute Gasteiger partial charge is 0.133 e. The Morgan fingerprint density at radius 3 is 2.80 bits per heavy atom. The molecule has 1 aliphatic heterocycles. The van der Waals surface area contributed by atoms with Crippen molar-refractivity contribution < 1.29 is 14.6 Å². The Labute approximate surface area is 117 Å². The van der Waals surface area contributed by atoms with Crippen molar-refractivity contribution in [2.75, 3.05) is 12.3 Å². The molecule has 0 amide bonds. The first-order valence-electron chi connectivity index (χ1n) is 6.67. The highest BCUT2D eigenvalue weighted by Crippen LogP contribution is 2.30. The summed E-state index contributed by atoms with van der Waals surface area (Å²) in [5.74, 6) is 1.91. The number of fused-ring (bicyclic) bond motifs is 1. The van der Waals surface area contributed by atoms with Crippen LogP contribution in [0.5, 0.6) is 17.2 Å². The molecular formula is C16H17NO3. The number of nitrogen functional groups attached to an aromatic ring is 1. The van der Waals surface area contributed by atoms with Crippen LogP contribution in [-0.2, 0) is 6.42 Å². The van der Waals surface area contributed by atoms with E-state index < -0.39 is 0 Å². The minimum atomic E-state index is 0.0320. The van der Waals surface area contributed by atoms with E-state index in [0.29, 0.717) is 6.61 Å². The second-order valence-corrected chi connectivity index (χ2v) is 4.95. The van der Waals surface area contributed by atoms with Crippen molar-refractivity contribution in [3.05, 3.63) is 48.0 Å². The summed E-state index contributed by atoms with van der Waals surface area (Å²) in [7, 11) is 0. The van der Waals surface area contributed by atoms with Gasteiger partial charge in [0.25, 0.3) is 0 Å². The average Bonchev–Trinajstić information content (AvgIpc) is 2.46. The number of benzene rings is 2. The normalized spacial score (nSPS) is 17.1. The van der Waals surface area contributed by atoms with Crippen molar-refractivity contribution in [2.24, 2.45) is 0 Å². The predicted molar refractivity (Wildman–Crippen MR) is 77.2 cm³/mol. The summed E-state index contributed by atoms with van der Waals surface area (Å²) in [6, 6.07) is 12.5. The largest absolute Gasteiger partial charge is 0.508 e. The molecule has 1 unspecified atom stereocenters. The Hall–Kier alpha value is -2.36. The first-order valence-corrected chi connectivity index (χ1v) is 6.67. The van der Waals surface area contributed by atoms with E-state index in [2.05, 4.69) is 0 Å². The molecule has 0 saturated carbocycles. The van der Waals surface area contributed by atoms with Crippen LogP contribution in [0.4, 0.5) is 5.69 Å². The molecule has 1 heterocycles. The lowest BCUT2D eigenvalue weighted by Crippen LogP contribution is -2.29. The zero-order valence-corrected chi connectivity index (χ0v) is 11.1. The minimum absolute atomic E-state index is 0.0320. The Balaban J connectivity index is 1.60. The first-order chi connectivity index (χ1) is 9.70. The Morgan fingerprint density at radius 2 is 2.00 bits per heavy atom. The molecule has 4 nitrogen and oxygen atoms in total. The van der Waals surface area contributed by atoms with Crippen LogP contribution in [0.1, 0.15) is 12.0 Å². The number of phenolic OH excluding ortho intramolecular Hbond substituents is 1. The summed E-state index contributed by atoms with van der Waals surface area (Å²) in [6.07, 6.45) is 1.80. The van der Waals surface area contributed by atoms with Crippen LogP contribution in [0, 0.1) is 0 Å². The van der Waals surface area contributed by atoms with Gasteiger partial charge >= 0.3 is 0 Å². The topological polar surface area (TPSA) is 64.7 Å². The molecule has 0 bridgehead atoms. The molecule has 1 atom stereocenters. The van der Waals surface area contributed by atoms with Crippen LogP contribution in [0.25, 0.3) is 0 Å². The number of hydrogen-bond donors (Lipinski definition) is 2. The third-order valence-electron chi connectivity index (χ3n) is 3.39. The van der Waals surface area contributed by atoms with Crippen LogP contribution in [0.15, 0.2) is 42.5 Å². The van der Waals surface area contributed by atoms with Gasteiger partial charge in [-0.2, -0.15) is 0 Å². The quantitative estimate of drug-likeness (QED) is 0.842. The Bertz CT molecular complexity index is 595. The van der Waals surface area contributed by atoms with Gasteiger partial charge in [-0.3, -0.25) is 0 Å². The van der Waals surface area contributed by atoms with Crippen LogP contribution in [0.2, 0.25) is 0 Å². The van der Waals surface area contributed by atoms with Gasteiger partial charge in [0.15, 0.2) is 0 Å². The lowest BCUT2D eigenvalue weighted by atomic mass is 10.0. The molecule has 1 aliphatic rings. The summed E-state index contributed by atoms with van der Waals surface area (Å²) in [4.78, 5) is 0. The van der Waals surface area contributed by atoms with Gasteiger partial charge in [0, 0.05) is 5.69 Å². The molecular weight excluding hydrogens is 254 g/mol. The van der Waals surface area contributed by atoms with E-state index in [0.717, 1.165) is 35.6 Å². The number of aryl methyl sites for hydroxylation is 1. The number of rotatable bonds is 3. The molecule has 0 aromatic heterocycles. The lowest BCUT2D eigenvalue weighted by molar-refractivity contribution is 0.109. The molecule has 104 valence electrons. The van der Waals surface area contributed by atoms with Gasteiger partial charge in [-0.25, -0.2) is 0 Å².